The molecule has 22 heavy (non-hydrogen) atoms. The van der Waals surface area contributed by atoms with Crippen molar-refractivity contribution in [2.75, 3.05) is 13.7 Å². The van der Waals surface area contributed by atoms with Crippen LogP contribution in [0.1, 0.15) is 11.7 Å². The minimum Gasteiger partial charge on any atom is -0.482 e. The molecule has 1 aromatic heterocycles. The zero-order valence-corrected chi connectivity index (χ0v) is 15.0. The second kappa shape index (κ2) is 5.41. The number of aromatic amines is 1. The molecular weight excluding hydrogens is 410 g/mol. The number of halogens is 2. The summed E-state index contributed by atoms with van der Waals surface area (Å²) < 4.78 is 13.6. The fourth-order valence-electron chi connectivity index (χ4n) is 3.01. The van der Waals surface area contributed by atoms with Crippen LogP contribution >= 0.6 is 31.9 Å². The Labute approximate surface area is 144 Å². The van der Waals surface area contributed by atoms with E-state index in [2.05, 4.69) is 55.0 Å². The monoisotopic (exact) mass is 421 g/mol. The summed E-state index contributed by atoms with van der Waals surface area (Å²) in [4.78, 5) is 3.54. The normalized spacial score (nSPS) is 16.2. The van der Waals surface area contributed by atoms with Gasteiger partial charge in [0.2, 0.25) is 0 Å². The Hall–Kier alpha value is -1.30. The van der Waals surface area contributed by atoms with E-state index in [1.807, 2.05) is 18.2 Å². The van der Waals surface area contributed by atoms with Gasteiger partial charge in [-0.05, 0) is 36.4 Å². The van der Waals surface area contributed by atoms with Crippen LogP contribution in [0.2, 0.25) is 0 Å². The van der Waals surface area contributed by atoms with Gasteiger partial charge in [0.1, 0.15) is 11.9 Å². The molecular formula is C17H13Br2NO2. The number of hydrogen-bond donors (Lipinski definition) is 1. The second-order valence-electron chi connectivity index (χ2n) is 5.31. The quantitative estimate of drug-likeness (QED) is 0.596. The number of fused-ring (bicyclic) bond motifs is 5. The molecule has 0 radical (unpaired) electrons. The molecule has 0 saturated carbocycles. The molecule has 0 amide bonds. The first kappa shape index (κ1) is 14.3. The third-order valence-electron chi connectivity index (χ3n) is 3.92. The topological polar surface area (TPSA) is 34.2 Å². The number of aromatic nitrogens is 1. The third kappa shape index (κ3) is 2.19. The van der Waals surface area contributed by atoms with Gasteiger partial charge in [0.05, 0.1) is 12.3 Å². The Morgan fingerprint density at radius 1 is 1.14 bits per heavy atom. The van der Waals surface area contributed by atoms with Gasteiger partial charge in [0.25, 0.3) is 0 Å². The summed E-state index contributed by atoms with van der Waals surface area (Å²) in [7, 11) is 1.70. The van der Waals surface area contributed by atoms with Crippen LogP contribution in [-0.2, 0) is 4.74 Å². The number of H-pyrrole nitrogens is 1. The van der Waals surface area contributed by atoms with Crippen molar-refractivity contribution in [2.45, 2.75) is 6.10 Å². The Morgan fingerprint density at radius 3 is 2.73 bits per heavy atom. The number of hydrogen-bond acceptors (Lipinski definition) is 2. The van der Waals surface area contributed by atoms with Crippen LogP contribution in [0.3, 0.4) is 0 Å². The minimum atomic E-state index is -0.121. The molecule has 1 unspecified atom stereocenters. The van der Waals surface area contributed by atoms with Crippen molar-refractivity contribution in [3.63, 3.8) is 0 Å². The first-order valence-electron chi connectivity index (χ1n) is 6.94. The van der Waals surface area contributed by atoms with E-state index in [-0.39, 0.29) is 6.10 Å². The van der Waals surface area contributed by atoms with Crippen molar-refractivity contribution in [2.24, 2.45) is 0 Å². The van der Waals surface area contributed by atoms with E-state index >= 15 is 0 Å². The van der Waals surface area contributed by atoms with Gasteiger partial charge in [-0.15, -0.1) is 0 Å². The number of nitrogens with one attached hydrogen (secondary N) is 1. The predicted octanol–water partition coefficient (Wildman–Crippen LogP) is 5.44. The smallest absolute Gasteiger partial charge is 0.150 e. The van der Waals surface area contributed by atoms with E-state index in [0.29, 0.717) is 6.61 Å². The third-order valence-corrected chi connectivity index (χ3v) is 4.91. The molecule has 1 atom stereocenters. The average Bonchev–Trinajstić information content (AvgIpc) is 2.86. The van der Waals surface area contributed by atoms with E-state index in [0.717, 1.165) is 37.0 Å². The van der Waals surface area contributed by atoms with Crippen LogP contribution in [0.5, 0.6) is 5.75 Å². The minimum absolute atomic E-state index is 0.121. The molecule has 1 aliphatic rings. The van der Waals surface area contributed by atoms with Crippen LogP contribution in [-0.4, -0.2) is 18.7 Å². The number of methoxy groups -OCH3 is 1. The number of rotatable bonds is 2. The lowest BCUT2D eigenvalue weighted by Crippen LogP contribution is -2.18. The number of ether oxygens (including phenoxy) is 2. The van der Waals surface area contributed by atoms with E-state index in [1.165, 1.54) is 5.39 Å². The van der Waals surface area contributed by atoms with Crippen molar-refractivity contribution in [3.8, 4) is 17.0 Å². The van der Waals surface area contributed by atoms with Crippen LogP contribution in [0, 0.1) is 0 Å². The maximum Gasteiger partial charge on any atom is 0.150 e. The summed E-state index contributed by atoms with van der Waals surface area (Å²) in [5, 5.41) is 1.17. The molecule has 1 aliphatic heterocycles. The summed E-state index contributed by atoms with van der Waals surface area (Å²) in [5.74, 6) is 0.870. The highest BCUT2D eigenvalue weighted by atomic mass is 79.9. The highest BCUT2D eigenvalue weighted by Crippen LogP contribution is 2.46. The summed E-state index contributed by atoms with van der Waals surface area (Å²) in [6.07, 6.45) is -0.121. The van der Waals surface area contributed by atoms with Crippen molar-refractivity contribution in [3.05, 3.63) is 50.9 Å². The van der Waals surface area contributed by atoms with Gasteiger partial charge in [0, 0.05) is 38.1 Å². The van der Waals surface area contributed by atoms with E-state index in [1.54, 1.807) is 7.11 Å². The fraction of sp³-hybridized carbons (Fsp3) is 0.176. The molecule has 0 fully saturated rings. The van der Waals surface area contributed by atoms with Crippen LogP contribution in [0.15, 0.2) is 45.3 Å². The van der Waals surface area contributed by atoms with Crippen molar-refractivity contribution < 1.29 is 9.47 Å². The summed E-state index contributed by atoms with van der Waals surface area (Å²) in [5.41, 5.74) is 4.46. The predicted molar refractivity (Wildman–Crippen MR) is 94.4 cm³/mol. The average molecular weight is 423 g/mol. The molecule has 5 heteroatoms. The first-order valence-corrected chi connectivity index (χ1v) is 8.52. The standard InChI is InChI=1S/C17H13Br2NO2/c1-21-8-15-16-12-6-9(18)3-5-13(12)20-17(16)11-4-2-10(19)7-14(11)22-15/h2-7,15,20H,8H2,1H3. The highest BCUT2D eigenvalue weighted by molar-refractivity contribution is 9.10. The molecule has 0 spiro atoms. The lowest BCUT2D eigenvalue weighted by molar-refractivity contribution is 0.0802. The molecule has 0 aliphatic carbocycles. The fourth-order valence-corrected chi connectivity index (χ4v) is 3.71. The van der Waals surface area contributed by atoms with Crippen LogP contribution < -0.4 is 4.74 Å². The van der Waals surface area contributed by atoms with Gasteiger partial charge >= 0.3 is 0 Å². The molecule has 3 nitrogen and oxygen atoms in total. The van der Waals surface area contributed by atoms with E-state index in [4.69, 9.17) is 9.47 Å². The molecule has 112 valence electrons. The molecule has 0 bridgehead atoms. The molecule has 2 aromatic carbocycles. The van der Waals surface area contributed by atoms with Gasteiger partial charge in [-0.25, -0.2) is 0 Å². The highest BCUT2D eigenvalue weighted by Gasteiger charge is 2.30. The molecule has 3 aromatic rings. The zero-order chi connectivity index (χ0) is 15.3. The van der Waals surface area contributed by atoms with Gasteiger partial charge in [-0.3, -0.25) is 0 Å². The number of benzene rings is 2. The largest absolute Gasteiger partial charge is 0.482 e. The second-order valence-corrected chi connectivity index (χ2v) is 7.14. The zero-order valence-electron chi connectivity index (χ0n) is 11.8. The Kier molecular flexibility index (Phi) is 3.51. The van der Waals surface area contributed by atoms with Gasteiger partial charge in [-0.2, -0.15) is 0 Å². The van der Waals surface area contributed by atoms with Crippen molar-refractivity contribution >= 4 is 42.8 Å². The maximum atomic E-state index is 6.20. The van der Waals surface area contributed by atoms with Crippen molar-refractivity contribution in [1.29, 1.82) is 0 Å². The lowest BCUT2D eigenvalue weighted by Gasteiger charge is -2.26. The maximum absolute atomic E-state index is 6.20. The van der Waals surface area contributed by atoms with E-state index in [9.17, 15) is 0 Å². The Bertz CT molecular complexity index is 872. The molecule has 1 N–H and O–H groups in total. The Morgan fingerprint density at radius 2 is 1.91 bits per heavy atom. The summed E-state index contributed by atoms with van der Waals surface area (Å²) in [6.45, 7) is 0.512. The summed E-state index contributed by atoms with van der Waals surface area (Å²) in [6, 6.07) is 12.4. The van der Waals surface area contributed by atoms with Crippen molar-refractivity contribution in [1.82, 2.24) is 4.98 Å². The van der Waals surface area contributed by atoms with Gasteiger partial charge < -0.3 is 14.5 Å². The molecule has 0 saturated heterocycles. The molecule has 4 rings (SSSR count). The summed E-state index contributed by atoms with van der Waals surface area (Å²) >= 11 is 7.06. The van der Waals surface area contributed by atoms with Crippen LogP contribution in [0.4, 0.5) is 0 Å². The lowest BCUT2D eigenvalue weighted by atomic mass is 9.97. The van der Waals surface area contributed by atoms with Gasteiger partial charge in [0.15, 0.2) is 0 Å². The van der Waals surface area contributed by atoms with Gasteiger partial charge in [-0.1, -0.05) is 31.9 Å². The van der Waals surface area contributed by atoms with E-state index < -0.39 is 0 Å². The SMILES string of the molecule is COCC1Oc2cc(Br)ccc2-c2[nH]c3ccc(Br)cc3c21. The van der Waals surface area contributed by atoms with Crippen LogP contribution in [0.25, 0.3) is 22.2 Å². The Balaban J connectivity index is 2.02. The molecule has 2 heterocycles. The first-order chi connectivity index (χ1) is 10.7.